The van der Waals surface area contributed by atoms with E-state index in [0.717, 1.165) is 22.8 Å². The first-order chi connectivity index (χ1) is 20.4. The molecule has 1 aromatic carbocycles. The summed E-state index contributed by atoms with van der Waals surface area (Å²) < 4.78 is 0. The zero-order valence-corrected chi connectivity index (χ0v) is 117. The number of aromatic nitrogens is 8. The Labute approximate surface area is 893 Å². The number of pyridine rings is 2. The second kappa shape index (κ2) is 192. The Morgan fingerprint density at radius 1 is 0.269 bits per heavy atom. The molecule has 0 saturated carbocycles. The molecule has 6 rings (SSSR count). The number of nitrogens with zero attached hydrogens (tertiary/aromatic N) is 8. The fraction of sp³-hybridized carbons (Fsp3) is 0.130. The Morgan fingerprint density at radius 3 is 0.731 bits per heavy atom. The minimum Gasteiger partial charge on any atom is -0.456 e. The van der Waals surface area contributed by atoms with E-state index < -0.39 is 0 Å². The van der Waals surface area contributed by atoms with Crippen LogP contribution in [0.25, 0.3) is 0 Å². The molecule has 5 aromatic heterocycles. The van der Waals surface area contributed by atoms with Crippen LogP contribution in [0.1, 0.15) is 33.9 Å². The third-order valence-corrected chi connectivity index (χ3v) is 4.37. The summed E-state index contributed by atoms with van der Waals surface area (Å²) in [4.78, 5) is 30.2. The van der Waals surface area contributed by atoms with Gasteiger partial charge in [0.1, 0.15) is 5.82 Å². The Balaban J connectivity index is -0.00000000731. The van der Waals surface area contributed by atoms with Crippen LogP contribution in [-0.4, -0.2) is 39.9 Å². The van der Waals surface area contributed by atoms with E-state index in [0.29, 0.717) is 0 Å². The van der Waals surface area contributed by atoms with Gasteiger partial charge in [-0.05, 0) is 38.4 Å². The van der Waals surface area contributed by atoms with Crippen LogP contribution in [0.2, 0.25) is 0 Å². The fourth-order valence-corrected chi connectivity index (χ4v) is 2.24. The van der Waals surface area contributed by atoms with Crippen LogP contribution in [-0.2, 0) is 575 Å². The Kier molecular flexibility index (Phi) is 597. The molecule has 438 valence electrons. The van der Waals surface area contributed by atoms with E-state index in [9.17, 15) is 0 Å². The predicted octanol–water partition coefficient (Wildman–Crippen LogP) is 11.3. The first-order valence-electron chi connectivity index (χ1n) is 12.8. The minimum absolute atomic E-state index is 0. The molecule has 0 saturated heterocycles. The van der Waals surface area contributed by atoms with Crippen molar-refractivity contribution in [1.82, 2.24) is 39.9 Å². The van der Waals surface area contributed by atoms with Gasteiger partial charge in [0.05, 0.1) is 0 Å². The zero-order chi connectivity index (χ0) is 30.7. The van der Waals surface area contributed by atoms with Crippen molar-refractivity contribution in [3.05, 3.63) is 258 Å². The van der Waals surface area contributed by atoms with E-state index in [1.54, 1.807) is 55.6 Å². The SMILES string of the molecule is Cc1cc[c-]cc1.Cc1cc[c-]cn1.Cc1cc[c-]nc1.Cc1cn[c-]cn1.Cc1cn[c-]nc1.Cc1nc[c-]cn1.[CH3-].[CH3-].[CH3-].[CH3-].[CH3-].[CH3-].[CH3-].[CH3-].[CH3-].[CH3-].[CH3-].[CH3-].[W].[W].[W].[W].[W].[W].[W].[W].[W].[W].[W].[W].[W].[W].[W].[W].[W].[W].[Y].[Y].[Y].[Y].[Y].[Y]. The summed E-state index contributed by atoms with van der Waals surface area (Å²) >= 11 is 0. The molecule has 0 N–H and O–H groups in total. The number of hydrogen-bond acceptors (Lipinski definition) is 8. The average Bonchev–Trinajstić information content (AvgIpc) is 3.01. The summed E-state index contributed by atoms with van der Waals surface area (Å²) in [6, 6.07) is 23.9. The molecular formula is C46H70N8W18Y6-18. The van der Waals surface area contributed by atoms with Crippen molar-refractivity contribution in [3.8, 4) is 0 Å². The van der Waals surface area contributed by atoms with Gasteiger partial charge in [-0.3, -0.25) is 15.0 Å². The van der Waals surface area contributed by atoms with Crippen LogP contribution in [0.3, 0.4) is 0 Å². The zero-order valence-electron chi connectivity index (χ0n) is 47.6. The van der Waals surface area contributed by atoms with Crippen molar-refractivity contribution in [2.24, 2.45) is 0 Å². The minimum atomic E-state index is 0. The second-order valence-corrected chi connectivity index (χ2v) is 8.32. The number of rotatable bonds is 0. The predicted molar refractivity (Wildman–Crippen MR) is 239 cm³/mol. The second-order valence-electron chi connectivity index (χ2n) is 8.32. The fourth-order valence-electron chi connectivity index (χ4n) is 2.24. The molecule has 0 spiro atoms. The van der Waals surface area contributed by atoms with Gasteiger partial charge in [-0.1, -0.05) is 51.8 Å². The van der Waals surface area contributed by atoms with Gasteiger partial charge in [-0.25, -0.2) is 12.1 Å². The van der Waals surface area contributed by atoms with Gasteiger partial charge in [0.15, 0.2) is 0 Å². The Bertz CT molecular complexity index is 1190. The van der Waals surface area contributed by atoms with Crippen LogP contribution in [0, 0.1) is 168 Å². The van der Waals surface area contributed by atoms with Crippen LogP contribution < -0.4 is 0 Å². The first kappa shape index (κ1) is 243. The summed E-state index contributed by atoms with van der Waals surface area (Å²) in [6.07, 6.45) is 21.0. The maximum atomic E-state index is 3.92. The van der Waals surface area contributed by atoms with E-state index in [4.69, 9.17) is 0 Å². The molecule has 6 radical (unpaired) electrons. The van der Waals surface area contributed by atoms with E-state index in [-0.39, 0.29) is 665 Å². The van der Waals surface area contributed by atoms with Gasteiger partial charge < -0.3 is 120 Å². The molecule has 6 aromatic rings. The van der Waals surface area contributed by atoms with Crippen molar-refractivity contribution in [2.75, 3.05) is 0 Å². The Morgan fingerprint density at radius 2 is 0.577 bits per heavy atom. The Hall–Kier alpha value is 13.8. The molecule has 0 aliphatic carbocycles. The van der Waals surface area contributed by atoms with Crippen molar-refractivity contribution in [1.29, 1.82) is 0 Å². The van der Waals surface area contributed by atoms with Gasteiger partial charge >= 0.3 is 0 Å². The number of benzene rings is 1. The van der Waals surface area contributed by atoms with Gasteiger partial charge in [0.2, 0.25) is 0 Å². The molecule has 0 atom stereocenters. The molecule has 8 nitrogen and oxygen atoms in total. The summed E-state index contributed by atoms with van der Waals surface area (Å²) in [5, 5.41) is 0. The molecule has 0 aliphatic heterocycles. The summed E-state index contributed by atoms with van der Waals surface area (Å²) in [7, 11) is 0. The van der Waals surface area contributed by atoms with Gasteiger partial charge in [0, 0.05) is 582 Å². The maximum absolute atomic E-state index is 3.92. The van der Waals surface area contributed by atoms with Crippen molar-refractivity contribution < 1.29 is 575 Å². The molecule has 0 unspecified atom stereocenters. The van der Waals surface area contributed by atoms with Crippen LogP contribution >= 0.6 is 0 Å². The average molecular weight is 4580 g/mol. The van der Waals surface area contributed by atoms with Gasteiger partial charge in [-0.2, -0.15) is 54.1 Å². The third-order valence-electron chi connectivity index (χ3n) is 4.37. The number of aryl methyl sites for hydroxylation is 6. The quantitative estimate of drug-likeness (QED) is 0.139. The molecular weight excluding hydrogens is 4510 g/mol. The van der Waals surface area contributed by atoms with E-state index >= 15 is 0 Å². The van der Waals surface area contributed by atoms with E-state index in [2.05, 4.69) is 83.7 Å². The van der Waals surface area contributed by atoms with Crippen LogP contribution in [0.5, 0.6) is 0 Å². The summed E-state index contributed by atoms with van der Waals surface area (Å²) in [5.41, 5.74) is 5.51. The van der Waals surface area contributed by atoms with Gasteiger partial charge in [-0.15, -0.1) is 35.9 Å². The van der Waals surface area contributed by atoms with Gasteiger partial charge in [0.25, 0.3) is 0 Å². The van der Waals surface area contributed by atoms with Crippen molar-refractivity contribution in [3.63, 3.8) is 0 Å². The molecule has 0 amide bonds. The largest absolute Gasteiger partial charge is 0.456 e. The molecule has 0 bridgehead atoms. The molecule has 0 aliphatic rings. The normalized spacial score (nSPS) is 4.69. The van der Waals surface area contributed by atoms with Crippen LogP contribution in [0.15, 0.2) is 98.1 Å². The molecule has 0 fully saturated rings. The van der Waals surface area contributed by atoms with Crippen molar-refractivity contribution >= 4 is 0 Å². The van der Waals surface area contributed by atoms with Crippen molar-refractivity contribution in [2.45, 2.75) is 41.5 Å². The molecule has 32 heteroatoms. The smallest absolute Gasteiger partial charge is 0.118 e. The monoisotopic (exact) mass is 4580 g/mol. The summed E-state index contributed by atoms with van der Waals surface area (Å²) in [6.45, 7) is 11.7. The third kappa shape index (κ3) is 185. The van der Waals surface area contributed by atoms with E-state index in [1.807, 2.05) is 77.1 Å². The maximum Gasteiger partial charge on any atom is 0.118 e. The summed E-state index contributed by atoms with van der Waals surface area (Å²) in [5.74, 6) is 0.791. The first-order valence-corrected chi connectivity index (χ1v) is 12.8. The molecule has 5 heterocycles. The standard InChI is InChI=1S/C7H7.2C6H6N.3C5H5N2.12CH3.18W.6Y/c1-7-5-3-2-4-6-7;1-6-3-2-4-7-5-6;1-6-4-2-3-5-7-6;1-5-2-6-4-7-3-5;1-5-4-6-2-3-7-5;1-5-6-3-2-4-7-5;;;;;;;;;;;;;;;;;;;;;;;;;;;;;;;;;;;;/h3-6H,1H3;2-3,5H,1H3;2,4-5H,1H3;2-3H,1H3;2*3-4H,1H3;12*1H3;;;;;;;;;;;;;;;;;;;;;;;;/q18*-1;;;;;;;;;;;;;;;;;;;;;;;;. The van der Waals surface area contributed by atoms with E-state index in [1.165, 1.54) is 11.1 Å². The molecule has 78 heavy (non-hydrogen) atoms. The van der Waals surface area contributed by atoms with Crippen LogP contribution in [0.4, 0.5) is 0 Å². The topological polar surface area (TPSA) is 103 Å². The number of hydrogen-bond donors (Lipinski definition) is 0.